The summed E-state index contributed by atoms with van der Waals surface area (Å²) in [5.41, 5.74) is 13.4. The molecule has 2 unspecified atom stereocenters. The molecule has 1 aliphatic carbocycles. The number of aromatic carboxylic acids is 1. The third-order valence-corrected chi connectivity index (χ3v) is 17.5. The Morgan fingerprint density at radius 2 is 1.11 bits per heavy atom. The van der Waals surface area contributed by atoms with Gasteiger partial charge in [0, 0.05) is 46.2 Å². The average Bonchev–Trinajstić information content (AvgIpc) is 4.31. The van der Waals surface area contributed by atoms with Crippen molar-refractivity contribution < 1.29 is 19.5 Å². The molecule has 5 aromatic carbocycles. The summed E-state index contributed by atoms with van der Waals surface area (Å²) < 4.78 is 0. The second-order valence-corrected chi connectivity index (χ2v) is 22.0. The van der Waals surface area contributed by atoms with Gasteiger partial charge in [0.05, 0.1) is 37.9 Å². The number of amides is 2. The van der Waals surface area contributed by atoms with Gasteiger partial charge < -0.3 is 19.8 Å². The van der Waals surface area contributed by atoms with Crippen molar-refractivity contribution in [3.05, 3.63) is 200 Å². The molecule has 9 heteroatoms. The highest BCUT2D eigenvalue weighted by Crippen LogP contribution is 2.54. The zero-order chi connectivity index (χ0) is 50.0. The van der Waals surface area contributed by atoms with Crippen LogP contribution in [0.2, 0.25) is 0 Å². The lowest BCUT2D eigenvalue weighted by atomic mass is 9.95. The molecule has 2 aromatic heterocycles. The Hall–Kier alpha value is -7.07. The number of carboxylic acid groups (broad SMARTS) is 1. The van der Waals surface area contributed by atoms with Crippen molar-refractivity contribution in [2.45, 2.75) is 96.4 Å². The Bertz CT molecular complexity index is 3230. The number of thiophene rings is 2. The van der Waals surface area contributed by atoms with E-state index in [0.29, 0.717) is 41.9 Å². The molecular formula is C64H61N3O4S2. The second kappa shape index (κ2) is 21.2. The number of benzene rings is 5. The molecule has 1 saturated carbocycles. The third kappa shape index (κ3) is 9.34. The van der Waals surface area contributed by atoms with E-state index in [-0.39, 0.29) is 17.4 Å². The third-order valence-electron chi connectivity index (χ3n) is 15.2. The maximum atomic E-state index is 15.1. The Morgan fingerprint density at radius 3 is 1.66 bits per heavy atom. The number of fused-ring (bicyclic) bond motifs is 4. The molecular weight excluding hydrogens is 939 g/mol. The molecule has 1 N–H and O–H groups in total. The van der Waals surface area contributed by atoms with E-state index in [0.717, 1.165) is 106 Å². The van der Waals surface area contributed by atoms with Crippen molar-refractivity contribution in [2.75, 3.05) is 18.0 Å². The molecule has 368 valence electrons. The van der Waals surface area contributed by atoms with E-state index in [9.17, 15) is 9.90 Å². The standard InChI is InChI=1S/C64H61N3O4S2/c1-3-5-7-15-38-65-60(56-36-34-54(72-56)45-26-28-46(29-27-45)64(70)71)58-59(63(65)69)61(66(62(58)68)39-16-8-6-4-2)57-37-35-55(73-57)47-30-33-53-51(41-47)49-22-17-23-52(49)67(53)48-31-24-42(25-32-48)40-50(43-18-11-9-12-19-43)44-20-13-10-14-21-44/h9-14,18-21,24-37,40-41,49,52H,3-8,15-17,22-23,38-39H2,1-2H3,(H,70,71). The molecule has 4 aliphatic rings. The predicted molar refractivity (Wildman–Crippen MR) is 301 cm³/mol. The Labute approximate surface area is 437 Å². The number of carboxylic acids is 1. The van der Waals surface area contributed by atoms with Gasteiger partial charge in [-0.15, -0.1) is 22.7 Å². The predicted octanol–water partition coefficient (Wildman–Crippen LogP) is 16.2. The molecule has 7 nitrogen and oxygen atoms in total. The van der Waals surface area contributed by atoms with E-state index < -0.39 is 5.97 Å². The van der Waals surface area contributed by atoms with Crippen molar-refractivity contribution >= 4 is 74.9 Å². The van der Waals surface area contributed by atoms with Crippen LogP contribution in [0, 0.1) is 0 Å². The van der Waals surface area contributed by atoms with Crippen molar-refractivity contribution in [3.8, 4) is 20.9 Å². The monoisotopic (exact) mass is 999 g/mol. The van der Waals surface area contributed by atoms with Crippen LogP contribution in [0.25, 0.3) is 43.9 Å². The van der Waals surface area contributed by atoms with Gasteiger partial charge in [0.15, 0.2) is 0 Å². The molecule has 11 rings (SSSR count). The first kappa shape index (κ1) is 48.2. The normalized spacial score (nSPS) is 17.0. The van der Waals surface area contributed by atoms with Crippen molar-refractivity contribution in [3.63, 3.8) is 0 Å². The van der Waals surface area contributed by atoms with Crippen molar-refractivity contribution in [1.29, 1.82) is 0 Å². The Kier molecular flexibility index (Phi) is 14.0. The topological polar surface area (TPSA) is 81.2 Å². The quantitative estimate of drug-likeness (QED) is 0.0645. The molecule has 2 amide bonds. The number of carbonyl (C=O) groups excluding carboxylic acids is 2. The second-order valence-electron chi connectivity index (χ2n) is 19.8. The van der Waals surface area contributed by atoms with Gasteiger partial charge in [-0.2, -0.15) is 0 Å². The summed E-state index contributed by atoms with van der Waals surface area (Å²) in [5.74, 6) is -0.720. The summed E-state index contributed by atoms with van der Waals surface area (Å²) >= 11 is 3.22. The molecule has 0 spiro atoms. The zero-order valence-corrected chi connectivity index (χ0v) is 43.3. The molecule has 5 heterocycles. The van der Waals surface area contributed by atoms with Crippen LogP contribution in [-0.4, -0.2) is 51.8 Å². The van der Waals surface area contributed by atoms with Crippen LogP contribution in [0.5, 0.6) is 0 Å². The first-order valence-electron chi connectivity index (χ1n) is 26.3. The van der Waals surface area contributed by atoms with Crippen LogP contribution in [-0.2, 0) is 9.59 Å². The summed E-state index contributed by atoms with van der Waals surface area (Å²) in [6.45, 7) is 5.46. The lowest BCUT2D eigenvalue weighted by Gasteiger charge is -2.27. The van der Waals surface area contributed by atoms with E-state index >= 15 is 9.59 Å². The van der Waals surface area contributed by atoms with Gasteiger partial charge in [-0.05, 0) is 131 Å². The lowest BCUT2D eigenvalue weighted by molar-refractivity contribution is -0.124. The highest BCUT2D eigenvalue weighted by atomic mass is 32.1. The zero-order valence-electron chi connectivity index (χ0n) is 41.7. The summed E-state index contributed by atoms with van der Waals surface area (Å²) in [6, 6.07) is 53.0. The minimum Gasteiger partial charge on any atom is -0.478 e. The van der Waals surface area contributed by atoms with Crippen LogP contribution in [0.3, 0.4) is 0 Å². The highest BCUT2D eigenvalue weighted by Gasteiger charge is 2.49. The fourth-order valence-electron chi connectivity index (χ4n) is 11.6. The van der Waals surface area contributed by atoms with E-state index in [1.54, 1.807) is 34.8 Å². The SMILES string of the molecule is CCCCCCN1C(=O)C2=C(c3ccc(-c4ccc5c(c4)C4CCCC4N5c4ccc(C=C(c5ccccc5)c5ccccc5)cc4)s3)N(CCCCCC)C(=O)C2=C1c1ccc(-c2ccc(C(=O)O)cc2)s1. The fraction of sp³-hybridized carbons (Fsp3) is 0.266. The molecule has 0 bridgehead atoms. The van der Waals surface area contributed by atoms with Crippen LogP contribution in [0.15, 0.2) is 163 Å². The number of rotatable bonds is 19. The van der Waals surface area contributed by atoms with Crippen LogP contribution in [0.4, 0.5) is 11.4 Å². The van der Waals surface area contributed by atoms with Gasteiger partial charge in [-0.25, -0.2) is 4.79 Å². The van der Waals surface area contributed by atoms with E-state index in [4.69, 9.17) is 0 Å². The van der Waals surface area contributed by atoms with E-state index in [1.807, 2.05) is 34.1 Å². The summed E-state index contributed by atoms with van der Waals surface area (Å²) in [4.78, 5) is 52.1. The molecule has 0 saturated heterocycles. The van der Waals surface area contributed by atoms with Crippen LogP contribution < -0.4 is 4.90 Å². The van der Waals surface area contributed by atoms with E-state index in [1.165, 1.54) is 40.1 Å². The Balaban J connectivity index is 0.932. The minimum absolute atomic E-state index is 0.0987. The first-order chi connectivity index (χ1) is 35.8. The number of hydrogen-bond acceptors (Lipinski definition) is 6. The number of anilines is 2. The van der Waals surface area contributed by atoms with Gasteiger partial charge in [0.25, 0.3) is 11.8 Å². The van der Waals surface area contributed by atoms with Crippen LogP contribution >= 0.6 is 22.7 Å². The van der Waals surface area contributed by atoms with Crippen LogP contribution in [0.1, 0.15) is 133 Å². The molecule has 7 aromatic rings. The van der Waals surface area contributed by atoms with Crippen molar-refractivity contribution in [2.24, 2.45) is 0 Å². The van der Waals surface area contributed by atoms with Crippen molar-refractivity contribution in [1.82, 2.24) is 9.80 Å². The molecule has 1 fully saturated rings. The highest BCUT2D eigenvalue weighted by molar-refractivity contribution is 7.17. The van der Waals surface area contributed by atoms with Gasteiger partial charge in [0.2, 0.25) is 0 Å². The molecule has 2 atom stereocenters. The lowest BCUT2D eigenvalue weighted by Crippen LogP contribution is -2.30. The smallest absolute Gasteiger partial charge is 0.335 e. The summed E-state index contributed by atoms with van der Waals surface area (Å²) in [7, 11) is 0. The molecule has 73 heavy (non-hydrogen) atoms. The first-order valence-corrected chi connectivity index (χ1v) is 28.0. The molecule has 0 radical (unpaired) electrons. The van der Waals surface area contributed by atoms with Gasteiger partial charge in [-0.1, -0.05) is 150 Å². The Morgan fingerprint density at radius 1 is 0.575 bits per heavy atom. The number of nitrogens with zero attached hydrogens (tertiary/aromatic N) is 3. The fourth-order valence-corrected chi connectivity index (χ4v) is 13.7. The van der Waals surface area contributed by atoms with Gasteiger partial charge in [-0.3, -0.25) is 9.59 Å². The van der Waals surface area contributed by atoms with Gasteiger partial charge in [0.1, 0.15) is 0 Å². The number of unbranched alkanes of at least 4 members (excludes halogenated alkanes) is 6. The van der Waals surface area contributed by atoms with E-state index in [2.05, 4.69) is 140 Å². The average molecular weight is 1000 g/mol. The summed E-state index contributed by atoms with van der Waals surface area (Å²) in [6.07, 6.45) is 13.9. The summed E-state index contributed by atoms with van der Waals surface area (Å²) in [5, 5.41) is 9.52. The number of carbonyl (C=O) groups is 3. The van der Waals surface area contributed by atoms with Gasteiger partial charge >= 0.3 is 5.97 Å². The maximum Gasteiger partial charge on any atom is 0.335 e. The number of hydrogen-bond donors (Lipinski definition) is 1. The minimum atomic E-state index is -0.967. The largest absolute Gasteiger partial charge is 0.478 e. The molecule has 3 aliphatic heterocycles. The maximum absolute atomic E-state index is 15.1.